The molecule has 5 aromatic heterocycles. The molecule has 0 spiro atoms. The van der Waals surface area contributed by atoms with Crippen molar-refractivity contribution in [2.45, 2.75) is 236 Å². The van der Waals surface area contributed by atoms with Crippen LogP contribution in [0, 0.1) is 47.3 Å². The molecule has 6 aromatic carbocycles. The lowest BCUT2D eigenvalue weighted by atomic mass is 10.0. The number of rotatable bonds is 40. The van der Waals surface area contributed by atoms with Crippen molar-refractivity contribution in [3.63, 3.8) is 0 Å². The highest BCUT2D eigenvalue weighted by Crippen LogP contribution is 2.41. The smallest absolute Gasteiger partial charge is 0.124 e. The molecule has 128 heavy (non-hydrogen) atoms. The van der Waals surface area contributed by atoms with Crippen LogP contribution in [0.5, 0.6) is 0 Å². The normalized spacial score (nSPS) is 13.0. The molecule has 11 aromatic rings. The van der Waals surface area contributed by atoms with Gasteiger partial charge in [-0.2, -0.15) is 30.8 Å². The van der Waals surface area contributed by atoms with Crippen molar-refractivity contribution in [2.75, 3.05) is 94.6 Å². The van der Waals surface area contributed by atoms with E-state index in [4.69, 9.17) is 15.5 Å². The molecule has 23 heteroatoms. The van der Waals surface area contributed by atoms with Crippen LogP contribution in [-0.4, -0.2) is 180 Å². The quantitative estimate of drug-likeness (QED) is 0.0363. The van der Waals surface area contributed by atoms with Gasteiger partial charge in [0, 0.05) is 126 Å². The maximum absolute atomic E-state index is 13.5. The zero-order valence-electron chi connectivity index (χ0n) is 79.6. The number of aliphatic imine (C=N–C) groups is 1. The van der Waals surface area contributed by atoms with E-state index in [0.29, 0.717) is 23.7 Å². The topological polar surface area (TPSA) is 156 Å². The van der Waals surface area contributed by atoms with E-state index in [1.165, 1.54) is 196 Å². The first kappa shape index (κ1) is 101. The van der Waals surface area contributed by atoms with E-state index in [0.717, 1.165) is 152 Å². The number of nitriles is 1. The Balaban J connectivity index is 0.000000173. The lowest BCUT2D eigenvalue weighted by Gasteiger charge is -2.18. The molecular formula is C105H143F5N18. The second-order valence-electron chi connectivity index (χ2n) is 35.6. The fourth-order valence-corrected chi connectivity index (χ4v) is 15.4. The van der Waals surface area contributed by atoms with Crippen molar-refractivity contribution in [1.82, 2.24) is 78.7 Å². The number of aromatic amines is 1. The Bertz CT molecular complexity index is 4920. The van der Waals surface area contributed by atoms with Crippen LogP contribution >= 0.6 is 0 Å². The lowest BCUT2D eigenvalue weighted by molar-refractivity contribution is 0.321. The van der Waals surface area contributed by atoms with Crippen molar-refractivity contribution in [1.29, 1.82) is 5.26 Å². The number of unbranched alkanes of at least 4 members (excludes halogenated alkanes) is 6. The van der Waals surface area contributed by atoms with Crippen LogP contribution in [-0.2, 0) is 32.7 Å². The zero-order valence-corrected chi connectivity index (χ0v) is 79.6. The summed E-state index contributed by atoms with van der Waals surface area (Å²) in [4.78, 5) is 18.3. The van der Waals surface area contributed by atoms with Crippen LogP contribution in [0.4, 0.5) is 22.0 Å². The van der Waals surface area contributed by atoms with Gasteiger partial charge < -0.3 is 29.4 Å². The molecule has 2 saturated carbocycles. The fraction of sp³-hybridized carbons (Fsp3) is 0.476. The molecule has 0 saturated heterocycles. The Morgan fingerprint density at radius 1 is 0.422 bits per heavy atom. The summed E-state index contributed by atoms with van der Waals surface area (Å²) in [5.41, 5.74) is 21.4. The molecule has 0 amide bonds. The molecule has 0 bridgehead atoms. The molecule has 0 unspecified atom stereocenters. The minimum absolute atomic E-state index is 0.192. The fourth-order valence-electron chi connectivity index (χ4n) is 15.4. The summed E-state index contributed by atoms with van der Waals surface area (Å²) in [6, 6.07) is 43.4. The van der Waals surface area contributed by atoms with Gasteiger partial charge in [-0.1, -0.05) is 92.2 Å². The van der Waals surface area contributed by atoms with Gasteiger partial charge in [0.25, 0.3) is 0 Å². The van der Waals surface area contributed by atoms with Crippen LogP contribution in [0.2, 0.25) is 0 Å². The Morgan fingerprint density at radius 2 is 0.828 bits per heavy atom. The number of benzene rings is 6. The third-order valence-corrected chi connectivity index (χ3v) is 23.0. The number of halogens is 5. The van der Waals surface area contributed by atoms with Gasteiger partial charge in [0.05, 0.1) is 77.3 Å². The third-order valence-electron chi connectivity index (χ3n) is 23.0. The van der Waals surface area contributed by atoms with Gasteiger partial charge in [0.2, 0.25) is 0 Å². The van der Waals surface area contributed by atoms with Crippen molar-refractivity contribution in [3.05, 3.63) is 250 Å². The van der Waals surface area contributed by atoms with E-state index in [1.807, 2.05) is 108 Å². The number of likely N-dealkylation sites (N-methyl/N-ethyl adjacent to an activating group) is 1. The predicted molar refractivity (Wildman–Crippen MR) is 517 cm³/mol. The van der Waals surface area contributed by atoms with Crippen LogP contribution in [0.3, 0.4) is 0 Å². The van der Waals surface area contributed by atoms with Crippen molar-refractivity contribution < 1.29 is 22.0 Å². The third kappa shape index (κ3) is 32.1. The Kier molecular flexibility index (Phi) is 41.5. The van der Waals surface area contributed by atoms with Gasteiger partial charge in [-0.3, -0.25) is 28.8 Å². The van der Waals surface area contributed by atoms with Gasteiger partial charge in [-0.15, -0.1) is 0 Å². The number of aryl methyl sites for hydroxylation is 1. The van der Waals surface area contributed by atoms with Gasteiger partial charge >= 0.3 is 0 Å². The molecule has 2 aliphatic carbocycles. The van der Waals surface area contributed by atoms with E-state index in [2.05, 4.69) is 194 Å². The van der Waals surface area contributed by atoms with Gasteiger partial charge in [0.15, 0.2) is 0 Å². The number of nitrogens with one attached hydrogen (secondary N) is 1. The van der Waals surface area contributed by atoms with E-state index < -0.39 is 0 Å². The van der Waals surface area contributed by atoms with E-state index in [1.54, 1.807) is 18.2 Å². The minimum Gasteiger partial charge on any atom is -0.302 e. The lowest BCUT2D eigenvalue weighted by Crippen LogP contribution is -2.22. The summed E-state index contributed by atoms with van der Waals surface area (Å²) in [6.07, 6.45) is 31.3. The maximum atomic E-state index is 13.5. The standard InChI is InChI=1S/2C18H24FN3.2C18H26FN3.C17H21N3.C16H22FN3/c1-3-4-11-21(2)12-15-13-22(17-9-10-17)20-18(15)14-5-7-16(19)8-6-14;1-3-4-11-21(2)13-15-12-20-22(17-9-10-17)18(15)14-5-7-16(19)8-6-14;1-5-6-11-21(4)12-16-13-22(14(2)3)20-18(16)15-7-9-17(19)10-8-15;1-5-6-11-21(4)13-16-12-20-22(14(2)3)18(16)15-7-9-17(19)10-8-15;1-3-4-9-20(2)13-16-11-19-12-17(16)15-7-5-14(10-18)6-8-15;1-4-5-6-20(3)11-14-10-18-19-16(14)13-7-12(2)8-15(17)9-13/h5-8,13,17H,3-4,9-12H2,1-2H3;5-8,12,17H,3-4,9-11,13H2,1-2H3;7-10,13-14H,5-6,11-12H2,1-4H3;7-10,12,14H,5-6,11,13H2,1-4H3;5-8,11H,3-4,9,12-13H2,1-2H3;7-10H,4-6,11H2,1-3H3,(H,18,19). The predicted octanol–water partition coefficient (Wildman–Crippen LogP) is 24.4. The highest BCUT2D eigenvalue weighted by Gasteiger charge is 2.30. The average molecular weight is 1750 g/mol. The van der Waals surface area contributed by atoms with Crippen LogP contribution in [0.15, 0.2) is 181 Å². The van der Waals surface area contributed by atoms with E-state index in [-0.39, 0.29) is 35.1 Å². The number of nitrogens with zero attached hydrogens (tertiary/aromatic N) is 17. The Morgan fingerprint density at radius 3 is 1.27 bits per heavy atom. The highest BCUT2D eigenvalue weighted by atomic mass is 19.1. The van der Waals surface area contributed by atoms with Crippen LogP contribution in [0.1, 0.15) is 241 Å². The number of hydrogen-bond acceptors (Lipinski definition) is 13. The molecule has 0 radical (unpaired) electrons. The molecule has 1 aliphatic heterocycles. The van der Waals surface area contributed by atoms with Gasteiger partial charge in [-0.25, -0.2) is 22.0 Å². The summed E-state index contributed by atoms with van der Waals surface area (Å²) in [7, 11) is 12.8. The summed E-state index contributed by atoms with van der Waals surface area (Å²) >= 11 is 0. The second-order valence-corrected chi connectivity index (χ2v) is 35.6. The maximum Gasteiger partial charge on any atom is 0.124 e. The first-order chi connectivity index (χ1) is 61.7. The second kappa shape index (κ2) is 52.4. The molecule has 14 rings (SSSR count). The SMILES string of the molecule is CCCCN(C)CC1=C(c2ccc(C#N)cc2)CN=C1.CCCCN(C)Cc1cn(C(C)C)nc1-c1ccc(F)cc1.CCCCN(C)Cc1cn(C2CC2)nc1-c1ccc(F)cc1.CCCCN(C)Cc1cn[nH]c1-c1cc(C)cc(F)c1.CCCCN(C)Cc1cnn(C(C)C)c1-c1ccc(F)cc1.CCCCN(C)Cc1cnn(C2CC2)c1-c1ccc(F)cc1. The highest BCUT2D eigenvalue weighted by molar-refractivity contribution is 5.96. The molecule has 6 heterocycles. The molecule has 3 aliphatic rings. The van der Waals surface area contributed by atoms with Crippen molar-refractivity contribution in [3.8, 4) is 62.4 Å². The average Bonchev–Trinajstić information content (AvgIpc) is 1.62. The Labute approximate surface area is 761 Å². The molecule has 18 nitrogen and oxygen atoms in total. The summed E-state index contributed by atoms with van der Waals surface area (Å²) in [5, 5.41) is 34.6. The van der Waals surface area contributed by atoms with Crippen LogP contribution < -0.4 is 0 Å². The first-order valence-electron chi connectivity index (χ1n) is 46.7. The van der Waals surface area contributed by atoms with Crippen molar-refractivity contribution >= 4 is 11.8 Å². The molecule has 2 fully saturated rings. The van der Waals surface area contributed by atoms with E-state index in [9.17, 15) is 22.0 Å². The Hall–Kier alpha value is -10.3. The minimum atomic E-state index is -0.214. The first-order valence-corrected chi connectivity index (χ1v) is 46.7. The summed E-state index contributed by atoms with van der Waals surface area (Å²) in [6.45, 7) is 36.1. The summed E-state index contributed by atoms with van der Waals surface area (Å²) in [5.74, 6) is -1.02. The van der Waals surface area contributed by atoms with E-state index >= 15 is 0 Å². The molecular weight excluding hydrogens is 1610 g/mol. The number of aromatic nitrogens is 10. The molecule has 1 N–H and O–H groups in total. The summed E-state index contributed by atoms with van der Waals surface area (Å²) < 4.78 is 74.5. The largest absolute Gasteiger partial charge is 0.302 e. The molecule has 688 valence electrons. The van der Waals surface area contributed by atoms with Gasteiger partial charge in [-0.05, 0) is 330 Å². The van der Waals surface area contributed by atoms with Crippen molar-refractivity contribution in [2.24, 2.45) is 4.99 Å². The monoisotopic (exact) mass is 1750 g/mol. The number of hydrogen-bond donors (Lipinski definition) is 1. The molecule has 0 atom stereocenters. The zero-order chi connectivity index (χ0) is 92.2. The van der Waals surface area contributed by atoms with Gasteiger partial charge in [0.1, 0.15) is 29.1 Å². The van der Waals surface area contributed by atoms with Crippen LogP contribution in [0.25, 0.3) is 61.9 Å². The number of H-pyrrole nitrogens is 1.